The second kappa shape index (κ2) is 4.43. The number of hydrogen-bond donors (Lipinski definition) is 2. The van der Waals surface area contributed by atoms with Gasteiger partial charge in [-0.15, -0.1) is 0 Å². The number of hydrogen-bond acceptors (Lipinski definition) is 2. The van der Waals surface area contributed by atoms with Gasteiger partial charge in [-0.1, -0.05) is 13.8 Å². The van der Waals surface area contributed by atoms with E-state index in [0.29, 0.717) is 0 Å². The van der Waals surface area contributed by atoms with Crippen molar-refractivity contribution >= 4 is 0 Å². The lowest BCUT2D eigenvalue weighted by molar-refractivity contribution is -0.00300. The Labute approximate surface area is 82.0 Å². The second-order valence-electron chi connectivity index (χ2n) is 4.94. The molecule has 2 atom stereocenters. The first kappa shape index (κ1) is 12.9. The third kappa shape index (κ3) is 5.27. The Morgan fingerprint density at radius 1 is 1.15 bits per heavy atom. The molecule has 0 aliphatic rings. The van der Waals surface area contributed by atoms with Crippen LogP contribution in [-0.2, 0) is 0 Å². The Morgan fingerprint density at radius 2 is 1.62 bits per heavy atom. The van der Waals surface area contributed by atoms with Gasteiger partial charge in [-0.05, 0) is 46.0 Å². The highest BCUT2D eigenvalue weighted by atomic mass is 16.3. The van der Waals surface area contributed by atoms with E-state index in [4.69, 9.17) is 0 Å². The number of aliphatic hydroxyl groups is 2. The Kier molecular flexibility index (Phi) is 4.40. The average Bonchev–Trinajstić information content (AvgIpc) is 1.98. The fourth-order valence-electron chi connectivity index (χ4n) is 1.06. The van der Waals surface area contributed by atoms with E-state index in [1.807, 2.05) is 34.6 Å². The molecule has 2 N–H and O–H groups in total. The van der Waals surface area contributed by atoms with Crippen molar-refractivity contribution in [2.45, 2.75) is 65.1 Å². The summed E-state index contributed by atoms with van der Waals surface area (Å²) < 4.78 is 0. The van der Waals surface area contributed by atoms with Crippen LogP contribution in [0.1, 0.15) is 53.9 Å². The average molecular weight is 188 g/mol. The van der Waals surface area contributed by atoms with Gasteiger partial charge in [0.1, 0.15) is 0 Å². The molecule has 0 heterocycles. The lowest BCUT2D eigenvalue weighted by Gasteiger charge is -2.29. The molecule has 0 saturated carbocycles. The van der Waals surface area contributed by atoms with Crippen molar-refractivity contribution in [3.63, 3.8) is 0 Å². The van der Waals surface area contributed by atoms with Crippen LogP contribution < -0.4 is 0 Å². The van der Waals surface area contributed by atoms with Crippen LogP contribution in [0.4, 0.5) is 0 Å². The summed E-state index contributed by atoms with van der Waals surface area (Å²) >= 11 is 0. The standard InChI is InChI=1S/C11H24O2/c1-6-11(5,13)8-7-9(2)10(3,4)12/h9,12-13H,6-8H2,1-5H3. The Bertz CT molecular complexity index is 145. The van der Waals surface area contributed by atoms with Crippen LogP contribution in [0, 0.1) is 5.92 Å². The molecule has 2 unspecified atom stereocenters. The predicted octanol–water partition coefficient (Wildman–Crippen LogP) is 2.33. The van der Waals surface area contributed by atoms with E-state index in [2.05, 4.69) is 0 Å². The van der Waals surface area contributed by atoms with E-state index in [1.165, 1.54) is 0 Å². The Hall–Kier alpha value is -0.0800. The van der Waals surface area contributed by atoms with Crippen molar-refractivity contribution in [1.82, 2.24) is 0 Å². The van der Waals surface area contributed by atoms with Crippen LogP contribution in [0.3, 0.4) is 0 Å². The molecule has 0 spiro atoms. The number of rotatable bonds is 5. The summed E-state index contributed by atoms with van der Waals surface area (Å²) in [6.45, 7) is 9.49. The van der Waals surface area contributed by atoms with Crippen LogP contribution in [0.5, 0.6) is 0 Å². The Morgan fingerprint density at radius 3 is 1.92 bits per heavy atom. The molecule has 0 bridgehead atoms. The molecular weight excluding hydrogens is 164 g/mol. The van der Waals surface area contributed by atoms with Gasteiger partial charge in [0.2, 0.25) is 0 Å². The summed E-state index contributed by atoms with van der Waals surface area (Å²) in [6, 6.07) is 0. The molecule has 0 rings (SSSR count). The Balaban J connectivity index is 3.90. The van der Waals surface area contributed by atoms with E-state index in [1.54, 1.807) is 0 Å². The fraction of sp³-hybridized carbons (Fsp3) is 1.00. The molecule has 0 aromatic carbocycles. The van der Waals surface area contributed by atoms with Gasteiger partial charge in [0.15, 0.2) is 0 Å². The molecule has 0 fully saturated rings. The van der Waals surface area contributed by atoms with Crippen molar-refractivity contribution in [3.8, 4) is 0 Å². The van der Waals surface area contributed by atoms with Crippen LogP contribution in [0.2, 0.25) is 0 Å². The molecule has 0 radical (unpaired) electrons. The maximum atomic E-state index is 9.76. The van der Waals surface area contributed by atoms with Gasteiger partial charge in [0, 0.05) is 0 Å². The second-order valence-corrected chi connectivity index (χ2v) is 4.94. The molecule has 0 saturated heterocycles. The summed E-state index contributed by atoms with van der Waals surface area (Å²) in [5, 5.41) is 19.4. The molecule has 0 aromatic rings. The molecule has 0 aromatic heterocycles. The normalized spacial score (nSPS) is 19.6. The monoisotopic (exact) mass is 188 g/mol. The summed E-state index contributed by atoms with van der Waals surface area (Å²) in [6.07, 6.45) is 2.39. The van der Waals surface area contributed by atoms with Gasteiger partial charge in [0.25, 0.3) is 0 Å². The van der Waals surface area contributed by atoms with Gasteiger partial charge in [-0.25, -0.2) is 0 Å². The largest absolute Gasteiger partial charge is 0.390 e. The van der Waals surface area contributed by atoms with Gasteiger partial charge in [-0.2, -0.15) is 0 Å². The molecule has 0 aliphatic heterocycles. The minimum absolute atomic E-state index is 0.227. The quantitative estimate of drug-likeness (QED) is 0.695. The SMILES string of the molecule is CCC(C)(O)CCC(C)C(C)(C)O. The molecule has 2 nitrogen and oxygen atoms in total. The topological polar surface area (TPSA) is 40.5 Å². The molecule has 80 valence electrons. The van der Waals surface area contributed by atoms with Crippen molar-refractivity contribution in [2.75, 3.05) is 0 Å². The lowest BCUT2D eigenvalue weighted by atomic mass is 9.84. The van der Waals surface area contributed by atoms with E-state index in [-0.39, 0.29) is 5.92 Å². The molecule has 13 heavy (non-hydrogen) atoms. The maximum absolute atomic E-state index is 9.76. The fourth-order valence-corrected chi connectivity index (χ4v) is 1.06. The molecule has 0 aliphatic carbocycles. The summed E-state index contributed by atoms with van der Waals surface area (Å²) in [4.78, 5) is 0. The highest BCUT2D eigenvalue weighted by Crippen LogP contribution is 2.25. The maximum Gasteiger partial charge on any atom is 0.0617 e. The van der Waals surface area contributed by atoms with E-state index >= 15 is 0 Å². The first-order valence-corrected chi connectivity index (χ1v) is 5.14. The summed E-state index contributed by atoms with van der Waals surface area (Å²) in [5.74, 6) is 0.227. The van der Waals surface area contributed by atoms with Gasteiger partial charge < -0.3 is 10.2 Å². The zero-order chi connectivity index (χ0) is 10.7. The van der Waals surface area contributed by atoms with Gasteiger partial charge in [0.05, 0.1) is 11.2 Å². The molecule has 0 amide bonds. The zero-order valence-corrected chi connectivity index (χ0v) is 9.59. The molecule has 2 heteroatoms. The minimum atomic E-state index is -0.635. The lowest BCUT2D eigenvalue weighted by Crippen LogP contribution is -2.31. The van der Waals surface area contributed by atoms with Crippen molar-refractivity contribution < 1.29 is 10.2 Å². The van der Waals surface area contributed by atoms with Crippen molar-refractivity contribution in [2.24, 2.45) is 5.92 Å². The molecular formula is C11H24O2. The van der Waals surface area contributed by atoms with Crippen LogP contribution in [-0.4, -0.2) is 21.4 Å². The third-order valence-electron chi connectivity index (χ3n) is 3.08. The van der Waals surface area contributed by atoms with E-state index in [9.17, 15) is 10.2 Å². The highest BCUT2D eigenvalue weighted by molar-refractivity contribution is 4.78. The van der Waals surface area contributed by atoms with E-state index in [0.717, 1.165) is 19.3 Å². The van der Waals surface area contributed by atoms with Crippen LogP contribution in [0.25, 0.3) is 0 Å². The third-order valence-corrected chi connectivity index (χ3v) is 3.08. The van der Waals surface area contributed by atoms with Gasteiger partial charge >= 0.3 is 0 Å². The van der Waals surface area contributed by atoms with Crippen molar-refractivity contribution in [3.05, 3.63) is 0 Å². The summed E-state index contributed by atoms with van der Waals surface area (Å²) in [7, 11) is 0. The minimum Gasteiger partial charge on any atom is -0.390 e. The van der Waals surface area contributed by atoms with Crippen LogP contribution in [0.15, 0.2) is 0 Å². The van der Waals surface area contributed by atoms with E-state index < -0.39 is 11.2 Å². The zero-order valence-electron chi connectivity index (χ0n) is 9.59. The smallest absolute Gasteiger partial charge is 0.0617 e. The van der Waals surface area contributed by atoms with Crippen LogP contribution >= 0.6 is 0 Å². The first-order valence-electron chi connectivity index (χ1n) is 5.14. The highest BCUT2D eigenvalue weighted by Gasteiger charge is 2.25. The first-order chi connectivity index (χ1) is 5.69. The predicted molar refractivity (Wildman–Crippen MR) is 55.6 cm³/mol. The van der Waals surface area contributed by atoms with Gasteiger partial charge in [-0.3, -0.25) is 0 Å². The summed E-state index contributed by atoms with van der Waals surface area (Å²) in [5.41, 5.74) is -1.21. The van der Waals surface area contributed by atoms with Crippen molar-refractivity contribution in [1.29, 1.82) is 0 Å².